The van der Waals surface area contributed by atoms with E-state index < -0.39 is 35.3 Å². The van der Waals surface area contributed by atoms with Gasteiger partial charge in [-0.3, -0.25) is 4.79 Å². The number of carboxylic acids is 1. The Kier molecular flexibility index (Phi) is 5.31. The number of ether oxygens (including phenoxy) is 2. The minimum atomic E-state index is -2.41. The van der Waals surface area contributed by atoms with Crippen molar-refractivity contribution >= 4 is 17.9 Å². The third-order valence-corrected chi connectivity index (χ3v) is 3.56. The fourth-order valence-corrected chi connectivity index (χ4v) is 2.48. The topological polar surface area (TPSA) is 92.7 Å². The van der Waals surface area contributed by atoms with Crippen LogP contribution >= 0.6 is 0 Å². The van der Waals surface area contributed by atoms with Crippen LogP contribution < -0.4 is 5.11 Å². The van der Waals surface area contributed by atoms with Crippen LogP contribution in [0.1, 0.15) is 52.9 Å². The molecule has 0 aliphatic heterocycles. The predicted molar refractivity (Wildman–Crippen MR) is 67.7 cm³/mol. The third kappa shape index (κ3) is 4.15. The van der Waals surface area contributed by atoms with Crippen molar-refractivity contribution in [2.24, 2.45) is 0 Å². The minimum Gasteiger partial charge on any atom is -0.547 e. The average Bonchev–Trinajstić information content (AvgIpc) is 2.37. The quantitative estimate of drug-likeness (QED) is 0.693. The molecule has 0 saturated heterocycles. The van der Waals surface area contributed by atoms with Crippen molar-refractivity contribution < 1.29 is 33.4 Å². The minimum absolute atomic E-state index is 0.101. The van der Waals surface area contributed by atoms with E-state index in [0.717, 1.165) is 13.3 Å². The van der Waals surface area contributed by atoms with Crippen LogP contribution in [0.15, 0.2) is 0 Å². The van der Waals surface area contributed by atoms with Gasteiger partial charge in [-0.2, -0.15) is 0 Å². The summed E-state index contributed by atoms with van der Waals surface area (Å²) >= 11 is 0. The Labute approximate surface area is 122 Å². The molecule has 0 bridgehead atoms. The van der Waals surface area contributed by atoms with Gasteiger partial charge in [-0.05, 0) is 39.5 Å². The second kappa shape index (κ2) is 6.41. The number of carbonyl (C=O) groups is 3. The van der Waals surface area contributed by atoms with Crippen LogP contribution in [0.25, 0.3) is 0 Å². The van der Waals surface area contributed by atoms with Crippen molar-refractivity contribution in [3.63, 3.8) is 0 Å². The molecule has 7 heteroatoms. The SMILES string of the molecule is CC(=O)OC(C)(C)C(=O)OC1(C(F)C(=O)[O-])CCCCC1. The van der Waals surface area contributed by atoms with Gasteiger partial charge in [0.25, 0.3) is 0 Å². The van der Waals surface area contributed by atoms with E-state index >= 15 is 0 Å². The summed E-state index contributed by atoms with van der Waals surface area (Å²) in [6.07, 6.45) is -0.292. The molecule has 0 heterocycles. The first-order valence-electron chi connectivity index (χ1n) is 6.89. The Bertz CT molecular complexity index is 425. The summed E-state index contributed by atoms with van der Waals surface area (Å²) in [5.74, 6) is -3.56. The lowest BCUT2D eigenvalue weighted by molar-refractivity contribution is -0.319. The number of hydrogen-bond acceptors (Lipinski definition) is 6. The first-order chi connectivity index (χ1) is 9.61. The number of alkyl halides is 1. The highest BCUT2D eigenvalue weighted by atomic mass is 19.1. The molecule has 1 fully saturated rings. The van der Waals surface area contributed by atoms with E-state index in [0.29, 0.717) is 12.8 Å². The van der Waals surface area contributed by atoms with Crippen molar-refractivity contribution in [3.8, 4) is 0 Å². The summed E-state index contributed by atoms with van der Waals surface area (Å²) in [6, 6.07) is 0. The predicted octanol–water partition coefficient (Wildman–Crippen LogP) is 0.662. The van der Waals surface area contributed by atoms with Gasteiger partial charge >= 0.3 is 11.9 Å². The standard InChI is InChI=1S/C14H21FO6/c1-9(16)20-13(2,3)12(19)21-14(10(15)11(17)18)7-5-4-6-8-14/h10H,4-8H2,1-3H3,(H,17,18)/p-1. The molecule has 0 aromatic carbocycles. The monoisotopic (exact) mass is 303 g/mol. The van der Waals surface area contributed by atoms with Gasteiger partial charge in [0.15, 0.2) is 6.17 Å². The summed E-state index contributed by atoms with van der Waals surface area (Å²) in [6.45, 7) is 3.74. The summed E-state index contributed by atoms with van der Waals surface area (Å²) < 4.78 is 24.0. The highest BCUT2D eigenvalue weighted by molar-refractivity contribution is 5.83. The molecular formula is C14H20FO6-. The number of esters is 2. The van der Waals surface area contributed by atoms with Crippen molar-refractivity contribution in [2.45, 2.75) is 70.2 Å². The molecule has 1 aliphatic rings. The zero-order valence-electron chi connectivity index (χ0n) is 12.4. The first-order valence-corrected chi connectivity index (χ1v) is 6.89. The molecule has 1 rings (SSSR count). The Morgan fingerprint density at radius 3 is 2.14 bits per heavy atom. The lowest BCUT2D eigenvalue weighted by Crippen LogP contribution is -2.55. The number of halogens is 1. The summed E-state index contributed by atoms with van der Waals surface area (Å²) in [4.78, 5) is 33.9. The van der Waals surface area contributed by atoms with Gasteiger partial charge < -0.3 is 19.4 Å². The third-order valence-electron chi connectivity index (χ3n) is 3.56. The molecule has 1 aliphatic carbocycles. The number of hydrogen-bond donors (Lipinski definition) is 0. The van der Waals surface area contributed by atoms with Gasteiger partial charge in [-0.25, -0.2) is 9.18 Å². The van der Waals surface area contributed by atoms with E-state index in [-0.39, 0.29) is 12.8 Å². The zero-order valence-corrected chi connectivity index (χ0v) is 12.4. The van der Waals surface area contributed by atoms with Crippen molar-refractivity contribution in [3.05, 3.63) is 0 Å². The van der Waals surface area contributed by atoms with Crippen LogP contribution in [0.3, 0.4) is 0 Å². The Morgan fingerprint density at radius 1 is 1.19 bits per heavy atom. The molecule has 6 nitrogen and oxygen atoms in total. The van der Waals surface area contributed by atoms with Gasteiger partial charge in [-0.15, -0.1) is 0 Å². The molecular weight excluding hydrogens is 283 g/mol. The molecule has 0 amide bonds. The molecule has 1 unspecified atom stereocenters. The van der Waals surface area contributed by atoms with Crippen LogP contribution in [0.5, 0.6) is 0 Å². The van der Waals surface area contributed by atoms with Gasteiger partial charge in [0.2, 0.25) is 5.60 Å². The zero-order chi connectivity index (χ0) is 16.3. The molecule has 0 aromatic rings. The molecule has 1 atom stereocenters. The lowest BCUT2D eigenvalue weighted by atomic mass is 9.81. The van der Waals surface area contributed by atoms with E-state index in [9.17, 15) is 23.9 Å². The molecule has 0 radical (unpaired) electrons. The first kappa shape index (κ1) is 17.4. The van der Waals surface area contributed by atoms with Crippen LogP contribution in [0.4, 0.5) is 4.39 Å². The Balaban J connectivity index is 2.94. The van der Waals surface area contributed by atoms with Crippen LogP contribution in [0, 0.1) is 0 Å². The molecule has 120 valence electrons. The van der Waals surface area contributed by atoms with E-state index in [1.54, 1.807) is 0 Å². The number of carboxylic acid groups (broad SMARTS) is 1. The van der Waals surface area contributed by atoms with Crippen molar-refractivity contribution in [1.82, 2.24) is 0 Å². The highest BCUT2D eigenvalue weighted by Crippen LogP contribution is 2.37. The van der Waals surface area contributed by atoms with Crippen molar-refractivity contribution in [1.29, 1.82) is 0 Å². The maximum atomic E-state index is 14.0. The van der Waals surface area contributed by atoms with Gasteiger partial charge in [0.05, 0.1) is 5.97 Å². The Hall–Kier alpha value is -1.66. The van der Waals surface area contributed by atoms with Crippen molar-refractivity contribution in [2.75, 3.05) is 0 Å². The maximum Gasteiger partial charge on any atom is 0.350 e. The fraction of sp³-hybridized carbons (Fsp3) is 0.786. The summed E-state index contributed by atoms with van der Waals surface area (Å²) in [5.41, 5.74) is -3.35. The van der Waals surface area contributed by atoms with Crippen LogP contribution in [-0.4, -0.2) is 35.3 Å². The number of aliphatic carboxylic acids is 1. The lowest BCUT2D eigenvalue weighted by Gasteiger charge is -2.41. The Morgan fingerprint density at radius 2 is 1.71 bits per heavy atom. The molecule has 0 spiro atoms. The molecule has 21 heavy (non-hydrogen) atoms. The van der Waals surface area contributed by atoms with Gasteiger partial charge in [0, 0.05) is 6.92 Å². The van der Waals surface area contributed by atoms with Crippen LogP contribution in [0.2, 0.25) is 0 Å². The van der Waals surface area contributed by atoms with E-state index in [1.165, 1.54) is 13.8 Å². The summed E-state index contributed by atoms with van der Waals surface area (Å²) in [5, 5.41) is 10.8. The van der Waals surface area contributed by atoms with E-state index in [1.807, 2.05) is 0 Å². The molecule has 0 N–H and O–H groups in total. The number of carbonyl (C=O) groups excluding carboxylic acids is 3. The smallest absolute Gasteiger partial charge is 0.350 e. The molecule has 0 aromatic heterocycles. The fourth-order valence-electron chi connectivity index (χ4n) is 2.48. The molecule has 1 saturated carbocycles. The van der Waals surface area contributed by atoms with Gasteiger partial charge in [0.1, 0.15) is 5.60 Å². The summed E-state index contributed by atoms with van der Waals surface area (Å²) in [7, 11) is 0. The largest absolute Gasteiger partial charge is 0.547 e. The van der Waals surface area contributed by atoms with E-state index in [2.05, 4.69) is 0 Å². The van der Waals surface area contributed by atoms with E-state index in [4.69, 9.17) is 9.47 Å². The second-order valence-electron chi connectivity index (χ2n) is 5.80. The van der Waals surface area contributed by atoms with Crippen LogP contribution in [-0.2, 0) is 23.9 Å². The maximum absolute atomic E-state index is 14.0. The normalized spacial score (nSPS) is 19.4. The second-order valence-corrected chi connectivity index (χ2v) is 5.80. The van der Waals surface area contributed by atoms with Gasteiger partial charge in [-0.1, -0.05) is 6.42 Å². The average molecular weight is 303 g/mol. The highest BCUT2D eigenvalue weighted by Gasteiger charge is 2.48. The number of rotatable bonds is 5.